The van der Waals surface area contributed by atoms with Crippen LogP contribution in [0.5, 0.6) is 0 Å². The first kappa shape index (κ1) is 20.9. The van der Waals surface area contributed by atoms with Crippen molar-refractivity contribution < 1.29 is 18.7 Å². The van der Waals surface area contributed by atoms with Gasteiger partial charge in [-0.1, -0.05) is 55.4 Å². The van der Waals surface area contributed by atoms with Gasteiger partial charge in [-0.05, 0) is 44.0 Å². The highest BCUT2D eigenvalue weighted by molar-refractivity contribution is 8.26. The molecular weight excluding hydrogens is 418 g/mol. The summed E-state index contributed by atoms with van der Waals surface area (Å²) in [6.45, 7) is 2.12. The summed E-state index contributed by atoms with van der Waals surface area (Å²) >= 11 is 6.83. The Bertz CT molecular complexity index is 987. The van der Waals surface area contributed by atoms with Gasteiger partial charge in [0.15, 0.2) is 0 Å². The summed E-state index contributed by atoms with van der Waals surface area (Å²) in [7, 11) is 0. The van der Waals surface area contributed by atoms with Crippen molar-refractivity contribution in [2.75, 3.05) is 6.61 Å². The minimum Gasteiger partial charge on any atom is -0.462 e. The Morgan fingerprint density at radius 1 is 1.20 bits per heavy atom. The van der Waals surface area contributed by atoms with Crippen molar-refractivity contribution in [3.63, 3.8) is 0 Å². The molecule has 2 aromatic rings. The lowest BCUT2D eigenvalue weighted by molar-refractivity contribution is -0.124. The lowest BCUT2D eigenvalue weighted by atomic mass is 9.94. The van der Waals surface area contributed by atoms with Crippen LogP contribution < -0.4 is 0 Å². The van der Waals surface area contributed by atoms with Gasteiger partial charge in [0, 0.05) is 17.7 Å². The number of rotatable bonds is 5. The number of ether oxygens (including phenoxy) is 1. The molecule has 1 saturated carbocycles. The van der Waals surface area contributed by atoms with E-state index >= 15 is 0 Å². The zero-order valence-electron chi connectivity index (χ0n) is 16.8. The van der Waals surface area contributed by atoms with E-state index in [0.29, 0.717) is 32.9 Å². The highest BCUT2D eigenvalue weighted by Crippen LogP contribution is 2.37. The molecule has 0 radical (unpaired) electrons. The molecule has 2 fully saturated rings. The predicted octanol–water partition coefficient (Wildman–Crippen LogP) is 5.66. The molecule has 1 aromatic carbocycles. The Morgan fingerprint density at radius 2 is 1.93 bits per heavy atom. The molecule has 7 heteroatoms. The van der Waals surface area contributed by atoms with Gasteiger partial charge in [0.1, 0.15) is 15.8 Å². The number of hydrogen-bond donors (Lipinski definition) is 0. The minimum atomic E-state index is -0.343. The number of thiocarbonyl (C=S) groups is 1. The zero-order valence-corrected chi connectivity index (χ0v) is 18.4. The molecule has 2 aliphatic rings. The highest BCUT2D eigenvalue weighted by atomic mass is 32.2. The number of nitrogens with zero attached hydrogens (tertiary/aromatic N) is 1. The second-order valence-corrected chi connectivity index (χ2v) is 9.02. The van der Waals surface area contributed by atoms with Crippen molar-refractivity contribution in [2.24, 2.45) is 0 Å². The molecule has 0 N–H and O–H groups in total. The third-order valence-corrected chi connectivity index (χ3v) is 6.67. The zero-order chi connectivity index (χ0) is 21.1. The average molecular weight is 442 g/mol. The largest absolute Gasteiger partial charge is 0.462 e. The topological polar surface area (TPSA) is 59.8 Å². The summed E-state index contributed by atoms with van der Waals surface area (Å²) in [5.41, 5.74) is 1.34. The fraction of sp³-hybridized carbons (Fsp3) is 0.348. The smallest absolute Gasteiger partial charge is 0.338 e. The Balaban J connectivity index is 1.49. The standard InChI is InChI=1S/C23H23NO4S2/c1-2-27-22(26)16-10-8-15(9-11-16)19-13-12-18(28-19)14-20-21(25)24(23(29)30-20)17-6-4-3-5-7-17/h8-14,17H,2-7H2,1H3/b20-14+. The van der Waals surface area contributed by atoms with E-state index in [1.54, 1.807) is 30.0 Å². The highest BCUT2D eigenvalue weighted by Gasteiger charge is 2.37. The Morgan fingerprint density at radius 3 is 2.63 bits per heavy atom. The van der Waals surface area contributed by atoms with Crippen LogP contribution in [0.3, 0.4) is 0 Å². The number of carbonyl (C=O) groups is 2. The monoisotopic (exact) mass is 441 g/mol. The van der Waals surface area contributed by atoms with Crippen LogP contribution in [-0.2, 0) is 9.53 Å². The number of benzene rings is 1. The molecule has 0 atom stereocenters. The third-order valence-electron chi connectivity index (χ3n) is 5.34. The first-order valence-electron chi connectivity index (χ1n) is 10.2. The van der Waals surface area contributed by atoms with E-state index in [9.17, 15) is 9.59 Å². The predicted molar refractivity (Wildman–Crippen MR) is 122 cm³/mol. The summed E-state index contributed by atoms with van der Waals surface area (Å²) < 4.78 is 11.6. The number of carbonyl (C=O) groups excluding carboxylic acids is 2. The van der Waals surface area contributed by atoms with E-state index in [1.807, 2.05) is 24.3 Å². The van der Waals surface area contributed by atoms with Gasteiger partial charge in [0.2, 0.25) is 0 Å². The molecule has 4 rings (SSSR count). The maximum atomic E-state index is 12.9. The fourth-order valence-electron chi connectivity index (χ4n) is 3.83. The Kier molecular flexibility index (Phi) is 6.39. The van der Waals surface area contributed by atoms with E-state index in [-0.39, 0.29) is 17.9 Å². The molecule has 2 heterocycles. The molecule has 0 unspecified atom stereocenters. The van der Waals surface area contributed by atoms with Gasteiger partial charge in [-0.25, -0.2) is 4.79 Å². The van der Waals surface area contributed by atoms with Crippen molar-refractivity contribution in [1.29, 1.82) is 0 Å². The molecule has 156 valence electrons. The number of thioether (sulfide) groups is 1. The van der Waals surface area contributed by atoms with Gasteiger partial charge in [0.05, 0.1) is 17.1 Å². The maximum absolute atomic E-state index is 12.9. The number of hydrogen-bond acceptors (Lipinski definition) is 6. The van der Waals surface area contributed by atoms with Crippen LogP contribution in [0.4, 0.5) is 0 Å². The normalized spacial score (nSPS) is 19.0. The quantitative estimate of drug-likeness (QED) is 0.339. The lowest BCUT2D eigenvalue weighted by Gasteiger charge is -2.29. The summed E-state index contributed by atoms with van der Waals surface area (Å²) in [4.78, 5) is 27.1. The minimum absolute atomic E-state index is 0.0198. The number of furan rings is 1. The van der Waals surface area contributed by atoms with Crippen LogP contribution in [0.2, 0.25) is 0 Å². The van der Waals surface area contributed by atoms with E-state index < -0.39 is 0 Å². The van der Waals surface area contributed by atoms with Gasteiger partial charge in [-0.3, -0.25) is 9.69 Å². The average Bonchev–Trinajstić information content (AvgIpc) is 3.33. The SMILES string of the molecule is CCOC(=O)c1ccc(-c2ccc(/C=C3/SC(=S)N(C4CCCCC4)C3=O)o2)cc1. The van der Waals surface area contributed by atoms with Gasteiger partial charge in [-0.15, -0.1) is 0 Å². The summed E-state index contributed by atoms with van der Waals surface area (Å²) in [5.74, 6) is 0.904. The summed E-state index contributed by atoms with van der Waals surface area (Å²) in [6.07, 6.45) is 7.34. The van der Waals surface area contributed by atoms with Crippen LogP contribution >= 0.6 is 24.0 Å². The molecule has 0 spiro atoms. The van der Waals surface area contributed by atoms with Crippen molar-refractivity contribution in [3.8, 4) is 11.3 Å². The van der Waals surface area contributed by atoms with Crippen molar-refractivity contribution in [2.45, 2.75) is 45.1 Å². The molecule has 1 aliphatic heterocycles. The van der Waals surface area contributed by atoms with E-state index in [1.165, 1.54) is 18.2 Å². The molecule has 1 saturated heterocycles. The lowest BCUT2D eigenvalue weighted by Crippen LogP contribution is -2.39. The number of amides is 1. The molecule has 5 nitrogen and oxygen atoms in total. The molecule has 30 heavy (non-hydrogen) atoms. The second kappa shape index (κ2) is 9.18. The van der Waals surface area contributed by atoms with Crippen LogP contribution in [0.1, 0.15) is 55.1 Å². The first-order valence-corrected chi connectivity index (χ1v) is 11.4. The molecular formula is C23H23NO4S2. The van der Waals surface area contributed by atoms with Crippen molar-refractivity contribution in [1.82, 2.24) is 4.90 Å². The van der Waals surface area contributed by atoms with Crippen molar-refractivity contribution >= 4 is 46.3 Å². The van der Waals surface area contributed by atoms with Crippen LogP contribution in [-0.4, -0.2) is 33.7 Å². The van der Waals surface area contributed by atoms with Gasteiger partial charge < -0.3 is 9.15 Å². The second-order valence-electron chi connectivity index (χ2n) is 7.34. The van der Waals surface area contributed by atoms with E-state index in [2.05, 4.69) is 0 Å². The Labute approximate surface area is 185 Å². The van der Waals surface area contributed by atoms with Gasteiger partial charge >= 0.3 is 5.97 Å². The molecule has 1 aromatic heterocycles. The van der Waals surface area contributed by atoms with Crippen LogP contribution in [0.15, 0.2) is 45.7 Å². The van der Waals surface area contributed by atoms with Crippen LogP contribution in [0.25, 0.3) is 17.4 Å². The van der Waals surface area contributed by atoms with Gasteiger partial charge in [-0.2, -0.15) is 0 Å². The van der Waals surface area contributed by atoms with Crippen LogP contribution in [0, 0.1) is 0 Å². The third kappa shape index (κ3) is 4.37. The molecule has 0 bridgehead atoms. The first-order chi connectivity index (χ1) is 14.6. The summed E-state index contributed by atoms with van der Waals surface area (Å²) in [5, 5.41) is 0. The van der Waals surface area contributed by atoms with Gasteiger partial charge in [0.25, 0.3) is 5.91 Å². The fourth-order valence-corrected chi connectivity index (χ4v) is 5.21. The van der Waals surface area contributed by atoms with Crippen molar-refractivity contribution in [3.05, 3.63) is 52.6 Å². The summed E-state index contributed by atoms with van der Waals surface area (Å²) in [6, 6.07) is 11.0. The molecule has 1 aliphatic carbocycles. The number of esters is 1. The van der Waals surface area contributed by atoms with E-state index in [0.717, 1.165) is 31.2 Å². The van der Waals surface area contributed by atoms with E-state index in [4.69, 9.17) is 21.4 Å². The maximum Gasteiger partial charge on any atom is 0.338 e. The molecule has 1 amide bonds. The Hall–Kier alpha value is -2.38.